The zero-order valence-electron chi connectivity index (χ0n) is 13.2. The third-order valence-electron chi connectivity index (χ3n) is 4.26. The number of oxazole rings is 1. The van der Waals surface area contributed by atoms with Crippen molar-refractivity contribution in [1.82, 2.24) is 9.97 Å². The van der Waals surface area contributed by atoms with E-state index in [4.69, 9.17) is 4.42 Å². The summed E-state index contributed by atoms with van der Waals surface area (Å²) in [6.07, 6.45) is 0. The standard InChI is InChI=1S/C18H15N3O3/c1-9-10(2)19-16-12(9)4-3-5-13(16)17(22)20-11-6-7-15-14(8-11)21-18(23)24-15/h3-8,19H,1-2H3,(H,20,22)(H,21,23). The van der Waals surface area contributed by atoms with Crippen LogP contribution < -0.4 is 11.1 Å². The van der Waals surface area contributed by atoms with Gasteiger partial charge in [-0.2, -0.15) is 0 Å². The molecular weight excluding hydrogens is 306 g/mol. The molecule has 1 amide bonds. The third kappa shape index (κ3) is 2.20. The summed E-state index contributed by atoms with van der Waals surface area (Å²) in [4.78, 5) is 29.7. The van der Waals surface area contributed by atoms with Crippen molar-refractivity contribution in [2.24, 2.45) is 0 Å². The summed E-state index contributed by atoms with van der Waals surface area (Å²) in [5.74, 6) is -0.734. The monoisotopic (exact) mass is 321 g/mol. The molecule has 0 spiro atoms. The number of aryl methyl sites for hydroxylation is 2. The number of carbonyl (C=O) groups is 1. The summed E-state index contributed by atoms with van der Waals surface area (Å²) >= 11 is 0. The lowest BCUT2D eigenvalue weighted by atomic mass is 10.1. The van der Waals surface area contributed by atoms with E-state index < -0.39 is 5.76 Å². The maximum absolute atomic E-state index is 12.7. The number of carbonyl (C=O) groups excluding carboxylic acids is 1. The molecule has 0 fully saturated rings. The summed E-state index contributed by atoms with van der Waals surface area (Å²) in [5, 5.41) is 3.89. The van der Waals surface area contributed by atoms with Crippen molar-refractivity contribution in [1.29, 1.82) is 0 Å². The number of para-hydroxylation sites is 1. The Morgan fingerprint density at radius 2 is 1.96 bits per heavy atom. The maximum Gasteiger partial charge on any atom is 0.417 e. The van der Waals surface area contributed by atoms with Gasteiger partial charge in [-0.15, -0.1) is 0 Å². The van der Waals surface area contributed by atoms with E-state index in [2.05, 4.69) is 15.3 Å². The normalized spacial score (nSPS) is 11.2. The molecule has 6 nitrogen and oxygen atoms in total. The topological polar surface area (TPSA) is 90.9 Å². The predicted octanol–water partition coefficient (Wildman–Crippen LogP) is 3.47. The van der Waals surface area contributed by atoms with Gasteiger partial charge in [-0.05, 0) is 43.7 Å². The maximum atomic E-state index is 12.7. The number of aromatic nitrogens is 2. The lowest BCUT2D eigenvalue weighted by molar-refractivity contribution is 0.102. The number of rotatable bonds is 2. The number of fused-ring (bicyclic) bond motifs is 2. The molecule has 4 rings (SSSR count). The smallest absolute Gasteiger partial charge is 0.408 e. The fraction of sp³-hybridized carbons (Fsp3) is 0.111. The van der Waals surface area contributed by atoms with Crippen LogP contribution in [0.5, 0.6) is 0 Å². The van der Waals surface area contributed by atoms with Crippen molar-refractivity contribution in [3.63, 3.8) is 0 Å². The van der Waals surface area contributed by atoms with Crippen LogP contribution in [0, 0.1) is 13.8 Å². The molecular formula is C18H15N3O3. The number of aromatic amines is 2. The van der Waals surface area contributed by atoms with Gasteiger partial charge in [-0.25, -0.2) is 4.79 Å². The number of anilines is 1. The van der Waals surface area contributed by atoms with Crippen molar-refractivity contribution in [3.05, 3.63) is 63.8 Å². The molecule has 6 heteroatoms. The quantitative estimate of drug-likeness (QED) is 0.528. The van der Waals surface area contributed by atoms with Gasteiger partial charge in [0.25, 0.3) is 5.91 Å². The Hall–Kier alpha value is -3.28. The van der Waals surface area contributed by atoms with Crippen molar-refractivity contribution in [3.8, 4) is 0 Å². The van der Waals surface area contributed by atoms with Gasteiger partial charge in [0.1, 0.15) is 0 Å². The first kappa shape index (κ1) is 14.3. The fourth-order valence-corrected chi connectivity index (χ4v) is 2.90. The van der Waals surface area contributed by atoms with E-state index in [1.165, 1.54) is 0 Å². The van der Waals surface area contributed by atoms with Gasteiger partial charge in [0.15, 0.2) is 5.58 Å². The van der Waals surface area contributed by atoms with Crippen LogP contribution in [0.4, 0.5) is 5.69 Å². The molecule has 0 bridgehead atoms. The van der Waals surface area contributed by atoms with Crippen LogP contribution >= 0.6 is 0 Å². The van der Waals surface area contributed by atoms with Crippen molar-refractivity contribution in [2.45, 2.75) is 13.8 Å². The summed E-state index contributed by atoms with van der Waals surface area (Å²) < 4.78 is 4.96. The number of nitrogens with one attached hydrogen (secondary N) is 3. The summed E-state index contributed by atoms with van der Waals surface area (Å²) in [6, 6.07) is 10.7. The Labute approximate surface area is 136 Å². The van der Waals surface area contributed by atoms with E-state index in [1.807, 2.05) is 26.0 Å². The first-order valence-corrected chi connectivity index (χ1v) is 7.55. The van der Waals surface area contributed by atoms with Crippen LogP contribution in [0.15, 0.2) is 45.6 Å². The van der Waals surface area contributed by atoms with Gasteiger partial charge in [-0.3, -0.25) is 9.78 Å². The molecule has 2 aromatic carbocycles. The Balaban J connectivity index is 1.73. The molecule has 2 aromatic heterocycles. The molecule has 0 atom stereocenters. The largest absolute Gasteiger partial charge is 0.417 e. The zero-order valence-corrected chi connectivity index (χ0v) is 13.2. The molecule has 24 heavy (non-hydrogen) atoms. The van der Waals surface area contributed by atoms with Crippen LogP contribution in [0.1, 0.15) is 21.6 Å². The van der Waals surface area contributed by atoms with Crippen molar-refractivity contribution < 1.29 is 9.21 Å². The molecule has 0 aliphatic heterocycles. The van der Waals surface area contributed by atoms with Crippen LogP contribution in [0.2, 0.25) is 0 Å². The zero-order chi connectivity index (χ0) is 16.8. The Kier molecular flexibility index (Phi) is 3.06. The SMILES string of the molecule is Cc1[nH]c2c(C(=O)Nc3ccc4oc(=O)[nH]c4c3)cccc2c1C. The molecule has 0 radical (unpaired) electrons. The highest BCUT2D eigenvalue weighted by Gasteiger charge is 2.14. The Bertz CT molecular complexity index is 1150. The minimum atomic E-state index is -0.518. The average Bonchev–Trinajstić information content (AvgIpc) is 3.06. The lowest BCUT2D eigenvalue weighted by Gasteiger charge is -2.06. The molecule has 0 unspecified atom stereocenters. The van der Waals surface area contributed by atoms with Gasteiger partial charge < -0.3 is 14.7 Å². The Morgan fingerprint density at radius 1 is 1.12 bits per heavy atom. The molecule has 0 aliphatic rings. The van der Waals surface area contributed by atoms with E-state index >= 15 is 0 Å². The minimum absolute atomic E-state index is 0.216. The van der Waals surface area contributed by atoms with Gasteiger partial charge in [0, 0.05) is 16.8 Å². The lowest BCUT2D eigenvalue weighted by Crippen LogP contribution is -2.12. The van der Waals surface area contributed by atoms with E-state index in [0.29, 0.717) is 22.4 Å². The van der Waals surface area contributed by atoms with E-state index in [9.17, 15) is 9.59 Å². The second-order valence-electron chi connectivity index (χ2n) is 5.78. The van der Waals surface area contributed by atoms with Gasteiger partial charge in [-0.1, -0.05) is 12.1 Å². The first-order valence-electron chi connectivity index (χ1n) is 7.55. The number of hydrogen-bond acceptors (Lipinski definition) is 3. The fourth-order valence-electron chi connectivity index (χ4n) is 2.90. The minimum Gasteiger partial charge on any atom is -0.408 e. The van der Waals surface area contributed by atoms with E-state index in [-0.39, 0.29) is 5.91 Å². The first-order chi connectivity index (χ1) is 11.5. The molecule has 0 saturated heterocycles. The van der Waals surface area contributed by atoms with Gasteiger partial charge >= 0.3 is 5.76 Å². The third-order valence-corrected chi connectivity index (χ3v) is 4.26. The number of H-pyrrole nitrogens is 2. The van der Waals surface area contributed by atoms with Crippen molar-refractivity contribution >= 4 is 33.6 Å². The second-order valence-corrected chi connectivity index (χ2v) is 5.78. The van der Waals surface area contributed by atoms with Gasteiger partial charge in [0.05, 0.1) is 16.6 Å². The highest BCUT2D eigenvalue weighted by molar-refractivity contribution is 6.12. The molecule has 120 valence electrons. The predicted molar refractivity (Wildman–Crippen MR) is 92.6 cm³/mol. The highest BCUT2D eigenvalue weighted by Crippen LogP contribution is 2.25. The van der Waals surface area contributed by atoms with E-state index in [1.54, 1.807) is 24.3 Å². The summed E-state index contributed by atoms with van der Waals surface area (Å²) in [7, 11) is 0. The highest BCUT2D eigenvalue weighted by atomic mass is 16.4. The molecule has 3 N–H and O–H groups in total. The van der Waals surface area contributed by atoms with E-state index in [0.717, 1.165) is 22.2 Å². The summed E-state index contributed by atoms with van der Waals surface area (Å²) in [5.41, 5.74) is 5.16. The van der Waals surface area contributed by atoms with Gasteiger partial charge in [0.2, 0.25) is 0 Å². The molecule has 4 aromatic rings. The Morgan fingerprint density at radius 3 is 2.79 bits per heavy atom. The van der Waals surface area contributed by atoms with Crippen LogP contribution in [-0.2, 0) is 0 Å². The molecule has 0 saturated carbocycles. The van der Waals surface area contributed by atoms with Crippen molar-refractivity contribution in [2.75, 3.05) is 5.32 Å². The van der Waals surface area contributed by atoms with Crippen LogP contribution in [0.25, 0.3) is 22.0 Å². The second kappa shape index (κ2) is 5.13. The molecule has 0 aliphatic carbocycles. The van der Waals surface area contributed by atoms with Crippen LogP contribution in [0.3, 0.4) is 0 Å². The number of amides is 1. The average molecular weight is 321 g/mol. The number of benzene rings is 2. The molecule has 2 heterocycles. The van der Waals surface area contributed by atoms with Crippen LogP contribution in [-0.4, -0.2) is 15.9 Å². The summed E-state index contributed by atoms with van der Waals surface area (Å²) in [6.45, 7) is 4.01. The number of hydrogen-bond donors (Lipinski definition) is 3.